The molecule has 2 aromatic heterocycles. The van der Waals surface area contributed by atoms with Crippen LogP contribution in [0.15, 0.2) is 72.8 Å². The summed E-state index contributed by atoms with van der Waals surface area (Å²) in [4.78, 5) is 10.5. The molecule has 0 radical (unpaired) electrons. The summed E-state index contributed by atoms with van der Waals surface area (Å²) >= 11 is 0. The predicted molar refractivity (Wildman–Crippen MR) is 128 cm³/mol. The molecule has 7 aromatic rings. The molecule has 0 aliphatic rings. The Morgan fingerprint density at radius 3 is 1.17 bits per heavy atom. The molecule has 0 atom stereocenters. The van der Waals surface area contributed by atoms with Crippen LogP contribution in [-0.4, -0.2) is 9.97 Å². The quantitative estimate of drug-likeness (QED) is 0.201. The molecule has 0 bridgehead atoms. The van der Waals surface area contributed by atoms with Crippen LogP contribution < -0.4 is 0 Å². The van der Waals surface area contributed by atoms with Crippen molar-refractivity contribution in [2.45, 2.75) is 13.8 Å². The first-order chi connectivity index (χ1) is 14.7. The van der Waals surface area contributed by atoms with Crippen molar-refractivity contribution in [3.8, 4) is 0 Å². The molecule has 30 heavy (non-hydrogen) atoms. The molecule has 7 rings (SSSR count). The molecule has 5 aromatic carbocycles. The number of hydrogen-bond acceptors (Lipinski definition) is 2. The van der Waals surface area contributed by atoms with E-state index in [1.807, 2.05) is 0 Å². The van der Waals surface area contributed by atoms with Crippen LogP contribution in [0.5, 0.6) is 0 Å². The molecule has 0 saturated heterocycles. The number of hydrogen-bond donors (Lipinski definition) is 0. The number of nitrogens with zero attached hydrogens (tertiary/aromatic N) is 2. The van der Waals surface area contributed by atoms with Gasteiger partial charge in [-0.3, -0.25) is 0 Å². The van der Waals surface area contributed by atoms with Crippen LogP contribution in [-0.2, 0) is 0 Å². The lowest BCUT2D eigenvalue weighted by Crippen LogP contribution is -1.95. The first-order valence-electron chi connectivity index (χ1n) is 10.4. The highest BCUT2D eigenvalue weighted by atomic mass is 14.8. The number of aromatic nitrogens is 2. The van der Waals surface area contributed by atoms with Gasteiger partial charge in [0.15, 0.2) is 0 Å². The average Bonchev–Trinajstić information content (AvgIpc) is 2.78. The number of rotatable bonds is 0. The summed E-state index contributed by atoms with van der Waals surface area (Å²) in [6.45, 7) is 4.28. The molecule has 0 spiro atoms. The van der Waals surface area contributed by atoms with Crippen LogP contribution in [0.25, 0.3) is 65.2 Å². The molecular formula is C28H18N2. The summed E-state index contributed by atoms with van der Waals surface area (Å²) in [7, 11) is 0. The van der Waals surface area contributed by atoms with Crippen LogP contribution >= 0.6 is 0 Å². The maximum absolute atomic E-state index is 5.23. The Morgan fingerprint density at radius 1 is 0.400 bits per heavy atom. The molecular weight excluding hydrogens is 364 g/mol. The third-order valence-electron chi connectivity index (χ3n) is 6.62. The van der Waals surface area contributed by atoms with Crippen LogP contribution in [0, 0.1) is 13.8 Å². The van der Waals surface area contributed by atoms with Gasteiger partial charge in [-0.05, 0) is 46.5 Å². The van der Waals surface area contributed by atoms with E-state index in [2.05, 4.69) is 86.6 Å². The van der Waals surface area contributed by atoms with E-state index < -0.39 is 0 Å². The maximum Gasteiger partial charge on any atom is 0.0985 e. The zero-order valence-electron chi connectivity index (χ0n) is 16.8. The fraction of sp³-hybridized carbons (Fsp3) is 0.0714. The van der Waals surface area contributed by atoms with Gasteiger partial charge in [0, 0.05) is 21.5 Å². The van der Waals surface area contributed by atoms with Crippen molar-refractivity contribution in [3.05, 3.63) is 83.9 Å². The summed E-state index contributed by atoms with van der Waals surface area (Å²) in [5.74, 6) is 0. The minimum atomic E-state index is 1.01. The van der Waals surface area contributed by atoms with Crippen molar-refractivity contribution in [1.82, 2.24) is 9.97 Å². The Hall–Kier alpha value is -3.78. The number of aryl methyl sites for hydroxylation is 2. The van der Waals surface area contributed by atoms with Crippen molar-refractivity contribution < 1.29 is 0 Å². The molecule has 0 N–H and O–H groups in total. The van der Waals surface area contributed by atoms with E-state index in [0.717, 1.165) is 22.1 Å². The van der Waals surface area contributed by atoms with Crippen molar-refractivity contribution in [3.63, 3.8) is 0 Å². The van der Waals surface area contributed by atoms with E-state index >= 15 is 0 Å². The van der Waals surface area contributed by atoms with Crippen LogP contribution in [0.2, 0.25) is 0 Å². The summed E-state index contributed by atoms with van der Waals surface area (Å²) in [5.41, 5.74) is 6.55. The lowest BCUT2D eigenvalue weighted by molar-refractivity contribution is 1.41. The number of benzene rings is 5. The molecule has 0 fully saturated rings. The van der Waals surface area contributed by atoms with Gasteiger partial charge in [0.2, 0.25) is 0 Å². The van der Waals surface area contributed by atoms with Crippen molar-refractivity contribution >= 4 is 65.2 Å². The monoisotopic (exact) mass is 382 g/mol. The molecule has 140 valence electrons. The Morgan fingerprint density at radius 2 is 0.733 bits per heavy atom. The molecule has 0 saturated carbocycles. The minimum absolute atomic E-state index is 1.01. The van der Waals surface area contributed by atoms with Crippen molar-refractivity contribution in [2.24, 2.45) is 0 Å². The minimum Gasteiger partial charge on any atom is -0.245 e. The largest absolute Gasteiger partial charge is 0.245 e. The third kappa shape index (κ3) is 1.84. The molecule has 0 amide bonds. The fourth-order valence-electron chi connectivity index (χ4n) is 5.24. The van der Waals surface area contributed by atoms with E-state index in [4.69, 9.17) is 9.97 Å². The smallest absolute Gasteiger partial charge is 0.0985 e. The lowest BCUT2D eigenvalue weighted by Gasteiger charge is -2.16. The first-order valence-corrected chi connectivity index (χ1v) is 10.4. The second kappa shape index (κ2) is 5.43. The molecule has 2 nitrogen and oxygen atoms in total. The standard InChI is InChI=1S/C28H18N2/c1-15-7-3-13-21-19-11-5-9-17-18-10-6-12-20-22-14-4-8-16(2)26(22)30-28(24(18)20)27(23(17)19)29-25(15)21/h3-14H,1-2H3. The normalized spacial score (nSPS) is 12.3. The van der Waals surface area contributed by atoms with Crippen LogP contribution in [0.3, 0.4) is 0 Å². The number of pyridine rings is 2. The van der Waals surface area contributed by atoms with Crippen molar-refractivity contribution in [2.75, 3.05) is 0 Å². The Bertz CT molecular complexity index is 1680. The van der Waals surface area contributed by atoms with Gasteiger partial charge in [-0.15, -0.1) is 0 Å². The van der Waals surface area contributed by atoms with Gasteiger partial charge in [0.05, 0.1) is 22.1 Å². The van der Waals surface area contributed by atoms with E-state index in [1.54, 1.807) is 0 Å². The molecule has 0 aliphatic carbocycles. The Kier molecular flexibility index (Phi) is 2.91. The van der Waals surface area contributed by atoms with E-state index in [9.17, 15) is 0 Å². The summed E-state index contributed by atoms with van der Waals surface area (Å²) in [6, 6.07) is 26.2. The maximum atomic E-state index is 5.23. The van der Waals surface area contributed by atoms with E-state index in [1.165, 1.54) is 54.2 Å². The van der Waals surface area contributed by atoms with Gasteiger partial charge >= 0.3 is 0 Å². The van der Waals surface area contributed by atoms with Gasteiger partial charge in [-0.25, -0.2) is 9.97 Å². The Balaban J connectivity index is 1.92. The lowest BCUT2D eigenvalue weighted by atomic mass is 9.91. The van der Waals surface area contributed by atoms with Crippen LogP contribution in [0.1, 0.15) is 11.1 Å². The summed E-state index contributed by atoms with van der Waals surface area (Å²) < 4.78 is 0. The highest BCUT2D eigenvalue weighted by Crippen LogP contribution is 2.42. The molecule has 0 aliphatic heterocycles. The summed E-state index contributed by atoms with van der Waals surface area (Å²) in [5, 5.41) is 9.88. The number of fused-ring (bicyclic) bond motifs is 6. The molecule has 0 unspecified atom stereocenters. The van der Waals surface area contributed by atoms with Crippen LogP contribution in [0.4, 0.5) is 0 Å². The highest BCUT2D eigenvalue weighted by Gasteiger charge is 2.19. The average molecular weight is 382 g/mol. The molecule has 2 heteroatoms. The second-order valence-corrected chi connectivity index (χ2v) is 8.32. The predicted octanol–water partition coefficient (Wildman–Crippen LogP) is 7.45. The van der Waals surface area contributed by atoms with Gasteiger partial charge in [-0.1, -0.05) is 72.8 Å². The highest BCUT2D eigenvalue weighted by molar-refractivity contribution is 6.36. The zero-order valence-corrected chi connectivity index (χ0v) is 16.8. The summed E-state index contributed by atoms with van der Waals surface area (Å²) in [6.07, 6.45) is 0. The van der Waals surface area contributed by atoms with E-state index in [0.29, 0.717) is 0 Å². The van der Waals surface area contributed by atoms with Crippen molar-refractivity contribution in [1.29, 1.82) is 0 Å². The van der Waals surface area contributed by atoms with Gasteiger partial charge in [0.25, 0.3) is 0 Å². The zero-order chi connectivity index (χ0) is 20.0. The second-order valence-electron chi connectivity index (χ2n) is 8.32. The first kappa shape index (κ1) is 16.1. The van der Waals surface area contributed by atoms with E-state index in [-0.39, 0.29) is 0 Å². The molecule has 2 heterocycles. The fourth-order valence-corrected chi connectivity index (χ4v) is 5.24. The van der Waals surface area contributed by atoms with Gasteiger partial charge in [0.1, 0.15) is 0 Å². The Labute approximate surface area is 173 Å². The van der Waals surface area contributed by atoms with Gasteiger partial charge < -0.3 is 0 Å². The topological polar surface area (TPSA) is 25.8 Å². The SMILES string of the molecule is Cc1cccc2c1nc1c3nc4c(C)cccc4c4cccc(c5cccc2c51)c43. The van der Waals surface area contributed by atoms with Gasteiger partial charge in [-0.2, -0.15) is 0 Å². The number of para-hydroxylation sites is 2. The third-order valence-corrected chi connectivity index (χ3v) is 6.62.